The molecule has 2 N–H and O–H groups in total. The summed E-state index contributed by atoms with van der Waals surface area (Å²) in [7, 11) is 0. The van der Waals surface area contributed by atoms with Crippen LogP contribution in [0.25, 0.3) is 0 Å². The van der Waals surface area contributed by atoms with Gasteiger partial charge in [0.15, 0.2) is 0 Å². The van der Waals surface area contributed by atoms with E-state index >= 15 is 0 Å². The molecule has 0 aliphatic carbocycles. The number of aromatic hydroxyl groups is 1. The number of hydrogen-bond acceptors (Lipinski definition) is 4. The predicted molar refractivity (Wildman–Crippen MR) is 102 cm³/mol. The summed E-state index contributed by atoms with van der Waals surface area (Å²) in [6, 6.07) is 11.7. The van der Waals surface area contributed by atoms with Crippen molar-refractivity contribution in [3.8, 4) is 5.75 Å². The van der Waals surface area contributed by atoms with Crippen LogP contribution < -0.4 is 5.32 Å². The molecule has 1 fully saturated rings. The van der Waals surface area contributed by atoms with Crippen LogP contribution in [0.1, 0.15) is 34.5 Å². The fourth-order valence-electron chi connectivity index (χ4n) is 3.36. The van der Waals surface area contributed by atoms with Gasteiger partial charge in [-0.3, -0.25) is 14.6 Å². The van der Waals surface area contributed by atoms with E-state index in [4.69, 9.17) is 0 Å². The number of benzene rings is 1. The quantitative estimate of drug-likeness (QED) is 0.850. The second-order valence-corrected chi connectivity index (χ2v) is 6.94. The third-order valence-corrected chi connectivity index (χ3v) is 4.96. The Morgan fingerprint density at radius 1 is 1.22 bits per heavy atom. The molecule has 1 saturated heterocycles. The minimum atomic E-state index is -0.207. The number of pyridine rings is 1. The molecule has 1 aromatic carbocycles. The van der Waals surface area contributed by atoms with Crippen molar-refractivity contribution in [2.75, 3.05) is 19.6 Å². The van der Waals surface area contributed by atoms with E-state index in [0.29, 0.717) is 38.2 Å². The van der Waals surface area contributed by atoms with Gasteiger partial charge in [-0.2, -0.15) is 0 Å². The number of hydrogen-bond donors (Lipinski definition) is 2. The molecule has 0 bridgehead atoms. The molecule has 2 aromatic rings. The molecule has 27 heavy (non-hydrogen) atoms. The molecule has 6 heteroatoms. The highest BCUT2D eigenvalue weighted by molar-refractivity contribution is 5.97. The van der Waals surface area contributed by atoms with Crippen LogP contribution in [0.3, 0.4) is 0 Å². The highest BCUT2D eigenvalue weighted by atomic mass is 16.3. The summed E-state index contributed by atoms with van der Waals surface area (Å²) >= 11 is 0. The summed E-state index contributed by atoms with van der Waals surface area (Å²) in [4.78, 5) is 30.7. The number of aryl methyl sites for hydroxylation is 1. The maximum Gasteiger partial charge on any atom is 0.257 e. The molecule has 0 spiro atoms. The first-order valence-electron chi connectivity index (χ1n) is 9.31. The lowest BCUT2D eigenvalue weighted by Crippen LogP contribution is -2.43. The van der Waals surface area contributed by atoms with Gasteiger partial charge < -0.3 is 15.3 Å². The van der Waals surface area contributed by atoms with Gasteiger partial charge >= 0.3 is 0 Å². The van der Waals surface area contributed by atoms with Gasteiger partial charge in [0.2, 0.25) is 5.91 Å². The van der Waals surface area contributed by atoms with Gasteiger partial charge in [0.05, 0.1) is 11.8 Å². The normalized spacial score (nSPS) is 14.8. The predicted octanol–water partition coefficient (Wildman–Crippen LogP) is 2.31. The molecule has 0 unspecified atom stereocenters. The van der Waals surface area contributed by atoms with Crippen LogP contribution in [0.5, 0.6) is 5.75 Å². The lowest BCUT2D eigenvalue weighted by molar-refractivity contribution is -0.126. The average molecular weight is 367 g/mol. The zero-order chi connectivity index (χ0) is 19.2. The van der Waals surface area contributed by atoms with E-state index in [9.17, 15) is 14.7 Å². The van der Waals surface area contributed by atoms with Gasteiger partial charge in [-0.25, -0.2) is 0 Å². The molecule has 2 heterocycles. The Labute approximate surface area is 159 Å². The number of carbonyl (C=O) groups excluding carboxylic acids is 2. The second kappa shape index (κ2) is 8.66. The molecule has 1 aliphatic rings. The van der Waals surface area contributed by atoms with Crippen molar-refractivity contribution in [2.24, 2.45) is 5.92 Å². The second-order valence-electron chi connectivity index (χ2n) is 6.94. The minimum absolute atomic E-state index is 0.0561. The number of nitrogens with one attached hydrogen (secondary N) is 1. The monoisotopic (exact) mass is 367 g/mol. The third-order valence-electron chi connectivity index (χ3n) is 4.96. The van der Waals surface area contributed by atoms with Crippen molar-refractivity contribution in [3.05, 3.63) is 59.4 Å². The molecular formula is C21H25N3O3. The van der Waals surface area contributed by atoms with Gasteiger partial charge in [-0.05, 0) is 37.8 Å². The van der Waals surface area contributed by atoms with Crippen LogP contribution in [-0.4, -0.2) is 46.4 Å². The van der Waals surface area contributed by atoms with Gasteiger partial charge in [-0.15, -0.1) is 0 Å². The molecule has 0 radical (unpaired) electrons. The fraction of sp³-hybridized carbons (Fsp3) is 0.381. The van der Waals surface area contributed by atoms with Crippen LogP contribution in [0.15, 0.2) is 42.6 Å². The van der Waals surface area contributed by atoms with Crippen molar-refractivity contribution in [3.63, 3.8) is 0 Å². The van der Waals surface area contributed by atoms with E-state index < -0.39 is 0 Å². The molecule has 1 aromatic heterocycles. The van der Waals surface area contributed by atoms with Crippen LogP contribution in [-0.2, 0) is 11.2 Å². The lowest BCUT2D eigenvalue weighted by Gasteiger charge is -2.31. The van der Waals surface area contributed by atoms with Crippen LogP contribution in [0, 0.1) is 12.8 Å². The van der Waals surface area contributed by atoms with E-state index in [-0.39, 0.29) is 29.0 Å². The van der Waals surface area contributed by atoms with E-state index in [0.717, 1.165) is 6.42 Å². The van der Waals surface area contributed by atoms with Crippen molar-refractivity contribution < 1.29 is 14.7 Å². The Morgan fingerprint density at radius 2 is 1.93 bits per heavy atom. The van der Waals surface area contributed by atoms with Crippen LogP contribution in [0.4, 0.5) is 0 Å². The first-order chi connectivity index (χ1) is 13.0. The van der Waals surface area contributed by atoms with Crippen molar-refractivity contribution in [2.45, 2.75) is 26.2 Å². The zero-order valence-electron chi connectivity index (χ0n) is 15.5. The molecule has 0 atom stereocenters. The number of carbonyl (C=O) groups is 2. The van der Waals surface area contributed by atoms with Gasteiger partial charge in [0, 0.05) is 31.2 Å². The van der Waals surface area contributed by atoms with Crippen molar-refractivity contribution >= 4 is 11.8 Å². The molecule has 6 nitrogen and oxygen atoms in total. The SMILES string of the molecule is Cc1cc(C(=O)N2CCC(C(=O)NCCc3ccccc3)CC2)c(O)cn1. The van der Waals surface area contributed by atoms with Gasteiger partial charge in [0.25, 0.3) is 5.91 Å². The Kier molecular flexibility index (Phi) is 6.06. The summed E-state index contributed by atoms with van der Waals surface area (Å²) in [6.07, 6.45) is 3.38. The van der Waals surface area contributed by atoms with E-state index in [2.05, 4.69) is 10.3 Å². The number of aromatic nitrogens is 1. The first kappa shape index (κ1) is 18.9. The summed E-state index contributed by atoms with van der Waals surface area (Å²) in [5, 5.41) is 12.9. The molecule has 142 valence electrons. The molecule has 2 amide bonds. The standard InChI is InChI=1S/C21H25N3O3/c1-15-13-18(19(25)14-23-15)21(27)24-11-8-17(9-12-24)20(26)22-10-7-16-5-3-2-4-6-16/h2-6,13-14,17,25H,7-12H2,1H3,(H,22,26). The Morgan fingerprint density at radius 3 is 2.63 bits per heavy atom. The topological polar surface area (TPSA) is 82.5 Å². The highest BCUT2D eigenvalue weighted by Crippen LogP contribution is 2.23. The highest BCUT2D eigenvalue weighted by Gasteiger charge is 2.28. The number of likely N-dealkylation sites (tertiary alicyclic amines) is 1. The maximum atomic E-state index is 12.6. The fourth-order valence-corrected chi connectivity index (χ4v) is 3.36. The van der Waals surface area contributed by atoms with E-state index in [1.54, 1.807) is 17.9 Å². The summed E-state index contributed by atoms with van der Waals surface area (Å²) in [6.45, 7) is 3.42. The van der Waals surface area contributed by atoms with Crippen molar-refractivity contribution in [1.29, 1.82) is 0 Å². The summed E-state index contributed by atoms with van der Waals surface area (Å²) < 4.78 is 0. The first-order valence-corrected chi connectivity index (χ1v) is 9.31. The molecular weight excluding hydrogens is 342 g/mol. The van der Waals surface area contributed by atoms with E-state index in [1.807, 2.05) is 30.3 Å². The number of piperidine rings is 1. The smallest absolute Gasteiger partial charge is 0.257 e. The van der Waals surface area contributed by atoms with Crippen LogP contribution in [0.2, 0.25) is 0 Å². The van der Waals surface area contributed by atoms with E-state index in [1.165, 1.54) is 11.8 Å². The van der Waals surface area contributed by atoms with Crippen molar-refractivity contribution in [1.82, 2.24) is 15.2 Å². The Hall–Kier alpha value is -2.89. The average Bonchev–Trinajstić information content (AvgIpc) is 2.70. The van der Waals surface area contributed by atoms with Crippen LogP contribution >= 0.6 is 0 Å². The number of amides is 2. The Bertz CT molecular complexity index is 800. The maximum absolute atomic E-state index is 12.6. The number of nitrogens with zero attached hydrogens (tertiary/aromatic N) is 2. The molecule has 3 rings (SSSR count). The lowest BCUT2D eigenvalue weighted by atomic mass is 9.95. The molecule has 1 aliphatic heterocycles. The zero-order valence-corrected chi connectivity index (χ0v) is 15.5. The van der Waals surface area contributed by atoms with Gasteiger partial charge in [-0.1, -0.05) is 30.3 Å². The third kappa shape index (κ3) is 4.84. The summed E-state index contributed by atoms with van der Waals surface area (Å²) in [5.74, 6) is -0.328. The Balaban J connectivity index is 1.47. The van der Waals surface area contributed by atoms with Gasteiger partial charge in [0.1, 0.15) is 5.75 Å². The minimum Gasteiger partial charge on any atom is -0.505 e. The molecule has 0 saturated carbocycles. The summed E-state index contributed by atoms with van der Waals surface area (Å²) in [5.41, 5.74) is 2.16. The largest absolute Gasteiger partial charge is 0.505 e. The number of rotatable bonds is 5.